The van der Waals surface area contributed by atoms with Crippen molar-refractivity contribution in [2.75, 3.05) is 0 Å². The lowest BCUT2D eigenvalue weighted by Crippen LogP contribution is -2.54. The molecule has 27 heavy (non-hydrogen) atoms. The van der Waals surface area contributed by atoms with Crippen molar-refractivity contribution in [3.05, 3.63) is 0 Å². The van der Waals surface area contributed by atoms with Crippen LogP contribution in [-0.4, -0.2) is 33.5 Å². The van der Waals surface area contributed by atoms with E-state index in [9.17, 15) is 10.2 Å². The van der Waals surface area contributed by atoms with Crippen molar-refractivity contribution in [1.29, 1.82) is 0 Å². The Hall–Kier alpha value is -0.610. The summed E-state index contributed by atoms with van der Waals surface area (Å²) in [6.45, 7) is 8.16. The largest absolute Gasteiger partial charge is 0.481 e. The first-order chi connectivity index (χ1) is 12.6. The third-order valence-corrected chi connectivity index (χ3v) is 9.29. The van der Waals surface area contributed by atoms with Crippen LogP contribution in [0.4, 0.5) is 0 Å². The maximum atomic E-state index is 10.3. The predicted octanol–water partition coefficient (Wildman–Crippen LogP) is 4.48. The second-order valence-corrected chi connectivity index (χ2v) is 10.6. The summed E-state index contributed by atoms with van der Waals surface area (Å²) >= 11 is 0. The number of carboxylic acid groups (broad SMARTS) is 1. The lowest BCUT2D eigenvalue weighted by Gasteiger charge is -2.61. The molecule has 4 heteroatoms. The number of aliphatic hydroxyl groups is 2. The molecule has 0 aromatic carbocycles. The molecule has 0 aliphatic heterocycles. The van der Waals surface area contributed by atoms with Gasteiger partial charge in [-0.1, -0.05) is 13.8 Å². The maximum absolute atomic E-state index is 10.3. The average molecular weight is 381 g/mol. The van der Waals surface area contributed by atoms with E-state index in [-0.39, 0.29) is 12.2 Å². The van der Waals surface area contributed by atoms with Gasteiger partial charge in [-0.2, -0.15) is 0 Å². The van der Waals surface area contributed by atoms with Crippen LogP contribution >= 0.6 is 0 Å². The van der Waals surface area contributed by atoms with E-state index >= 15 is 0 Å². The molecule has 0 bridgehead atoms. The number of aliphatic carboxylic acids is 1. The Morgan fingerprint density at radius 3 is 2.19 bits per heavy atom. The zero-order valence-corrected chi connectivity index (χ0v) is 17.7. The normalized spacial score (nSPS) is 49.7. The third kappa shape index (κ3) is 3.69. The molecule has 0 aromatic rings. The van der Waals surface area contributed by atoms with Crippen LogP contribution < -0.4 is 0 Å². The Kier molecular flexibility index (Phi) is 5.99. The number of carbonyl (C=O) groups is 1. The lowest BCUT2D eigenvalue weighted by atomic mass is 9.44. The summed E-state index contributed by atoms with van der Waals surface area (Å²) in [5.41, 5.74) is 0.860. The minimum atomic E-state index is -0.833. The Bertz CT molecular complexity index is 542. The van der Waals surface area contributed by atoms with E-state index in [2.05, 4.69) is 13.8 Å². The van der Waals surface area contributed by atoms with Crippen molar-refractivity contribution in [1.82, 2.24) is 0 Å². The number of hydrogen-bond donors (Lipinski definition) is 3. The highest BCUT2D eigenvalue weighted by molar-refractivity contribution is 5.62. The van der Waals surface area contributed by atoms with Crippen molar-refractivity contribution in [2.45, 2.75) is 97.7 Å². The van der Waals surface area contributed by atoms with E-state index in [1.165, 1.54) is 44.9 Å². The van der Waals surface area contributed by atoms with Gasteiger partial charge in [-0.15, -0.1) is 0 Å². The zero-order chi connectivity index (χ0) is 20.0. The molecule has 0 aromatic heterocycles. The quantitative estimate of drug-likeness (QED) is 0.627. The SMILES string of the molecule is CC(=O)O.CC(O)[C@H]1CC[C@H]2[C@@H]3CC[C@@H]4C[C@H](O)CC[C@]4(C)[C@H]3CC[C@]12C. The van der Waals surface area contributed by atoms with Gasteiger partial charge in [0.05, 0.1) is 12.2 Å². The zero-order valence-electron chi connectivity index (χ0n) is 17.7. The minimum absolute atomic E-state index is 0.0374. The van der Waals surface area contributed by atoms with Crippen molar-refractivity contribution < 1.29 is 20.1 Å². The fourth-order valence-corrected chi connectivity index (χ4v) is 8.07. The Morgan fingerprint density at radius 2 is 1.56 bits per heavy atom. The molecular formula is C23H40O4. The van der Waals surface area contributed by atoms with Crippen LogP contribution in [0, 0.1) is 40.4 Å². The molecule has 156 valence electrons. The first-order valence-electron chi connectivity index (χ1n) is 11.1. The van der Waals surface area contributed by atoms with E-state index in [0.717, 1.165) is 43.4 Å². The monoisotopic (exact) mass is 380 g/mol. The fraction of sp³-hybridized carbons (Fsp3) is 0.957. The van der Waals surface area contributed by atoms with Crippen LogP contribution in [0.15, 0.2) is 0 Å². The van der Waals surface area contributed by atoms with Gasteiger partial charge in [0.1, 0.15) is 0 Å². The van der Waals surface area contributed by atoms with Crippen LogP contribution in [0.2, 0.25) is 0 Å². The Labute approximate surface area is 164 Å². The molecule has 1 unspecified atom stereocenters. The summed E-state index contributed by atoms with van der Waals surface area (Å²) in [6, 6.07) is 0. The van der Waals surface area contributed by atoms with Crippen LogP contribution in [0.1, 0.15) is 85.5 Å². The summed E-state index contributed by atoms with van der Waals surface area (Å²) in [7, 11) is 0. The highest BCUT2D eigenvalue weighted by Crippen LogP contribution is 2.67. The second-order valence-electron chi connectivity index (χ2n) is 10.6. The standard InChI is InChI=1S/C21H36O2.C2H4O2/c1-13(22)17-6-7-18-16-5-4-14-12-15(23)8-10-20(14,2)19(16)9-11-21(17,18)3;1-2(3)4/h13-19,22-23H,4-12H2,1-3H3;1H3,(H,3,4)/t13?,14-,15-,16+,17-,18+,19+,20+,21-;/m1./s1. The molecule has 9 atom stereocenters. The molecule has 0 radical (unpaired) electrons. The molecular weight excluding hydrogens is 340 g/mol. The van der Waals surface area contributed by atoms with Crippen molar-refractivity contribution >= 4 is 5.97 Å². The van der Waals surface area contributed by atoms with E-state index in [1.807, 2.05) is 6.92 Å². The number of fused-ring (bicyclic) bond motifs is 5. The average Bonchev–Trinajstić information content (AvgIpc) is 2.92. The molecule has 4 saturated carbocycles. The van der Waals surface area contributed by atoms with Crippen LogP contribution in [-0.2, 0) is 4.79 Å². The second kappa shape index (κ2) is 7.67. The van der Waals surface area contributed by atoms with Crippen LogP contribution in [0.3, 0.4) is 0 Å². The molecule has 4 fully saturated rings. The molecule has 0 heterocycles. The number of carboxylic acids is 1. The molecule has 0 amide bonds. The van der Waals surface area contributed by atoms with E-state index in [1.54, 1.807) is 0 Å². The highest BCUT2D eigenvalue weighted by atomic mass is 16.4. The van der Waals surface area contributed by atoms with Gasteiger partial charge in [-0.05, 0) is 105 Å². The molecule has 3 N–H and O–H groups in total. The fourth-order valence-electron chi connectivity index (χ4n) is 8.07. The van der Waals surface area contributed by atoms with Crippen molar-refractivity contribution in [2.24, 2.45) is 40.4 Å². The maximum Gasteiger partial charge on any atom is 0.300 e. The van der Waals surface area contributed by atoms with Gasteiger partial charge in [0.15, 0.2) is 0 Å². The number of aliphatic hydroxyl groups excluding tert-OH is 2. The van der Waals surface area contributed by atoms with E-state index < -0.39 is 5.97 Å². The Balaban J connectivity index is 0.000000481. The summed E-state index contributed by atoms with van der Waals surface area (Å²) in [4.78, 5) is 9.00. The molecule has 4 aliphatic carbocycles. The predicted molar refractivity (Wildman–Crippen MR) is 106 cm³/mol. The number of hydrogen-bond acceptors (Lipinski definition) is 3. The Morgan fingerprint density at radius 1 is 0.963 bits per heavy atom. The van der Waals surface area contributed by atoms with E-state index in [0.29, 0.717) is 16.7 Å². The molecule has 4 rings (SSSR count). The van der Waals surface area contributed by atoms with E-state index in [4.69, 9.17) is 9.90 Å². The van der Waals surface area contributed by atoms with Gasteiger partial charge < -0.3 is 15.3 Å². The van der Waals surface area contributed by atoms with Gasteiger partial charge in [0.25, 0.3) is 5.97 Å². The first kappa shape index (κ1) is 21.1. The molecule has 0 saturated heterocycles. The minimum Gasteiger partial charge on any atom is -0.481 e. The van der Waals surface area contributed by atoms with Crippen molar-refractivity contribution in [3.63, 3.8) is 0 Å². The molecule has 0 spiro atoms. The van der Waals surface area contributed by atoms with Gasteiger partial charge in [0.2, 0.25) is 0 Å². The first-order valence-corrected chi connectivity index (χ1v) is 11.1. The summed E-state index contributed by atoms with van der Waals surface area (Å²) in [5, 5.41) is 27.8. The van der Waals surface area contributed by atoms with Gasteiger partial charge >= 0.3 is 0 Å². The van der Waals surface area contributed by atoms with Gasteiger partial charge in [-0.25, -0.2) is 0 Å². The lowest BCUT2D eigenvalue weighted by molar-refractivity contribution is -0.134. The topological polar surface area (TPSA) is 77.8 Å². The number of rotatable bonds is 1. The molecule has 4 aliphatic rings. The third-order valence-electron chi connectivity index (χ3n) is 9.29. The van der Waals surface area contributed by atoms with Crippen LogP contribution in [0.5, 0.6) is 0 Å². The molecule has 4 nitrogen and oxygen atoms in total. The van der Waals surface area contributed by atoms with Crippen LogP contribution in [0.25, 0.3) is 0 Å². The highest BCUT2D eigenvalue weighted by Gasteiger charge is 2.60. The summed E-state index contributed by atoms with van der Waals surface area (Å²) < 4.78 is 0. The summed E-state index contributed by atoms with van der Waals surface area (Å²) in [6.07, 6.45) is 11.1. The smallest absolute Gasteiger partial charge is 0.300 e. The van der Waals surface area contributed by atoms with Crippen molar-refractivity contribution in [3.8, 4) is 0 Å². The summed E-state index contributed by atoms with van der Waals surface area (Å²) in [5.74, 6) is 3.04. The van der Waals surface area contributed by atoms with Gasteiger partial charge in [-0.3, -0.25) is 4.79 Å². The van der Waals surface area contributed by atoms with Gasteiger partial charge in [0, 0.05) is 6.92 Å².